The number of hydrogen-bond donors (Lipinski definition) is 1. The van der Waals surface area contributed by atoms with Gasteiger partial charge in [0.05, 0.1) is 12.7 Å². The van der Waals surface area contributed by atoms with E-state index < -0.39 is 30.3 Å². The molecule has 1 aliphatic rings. The Hall–Kier alpha value is -4.13. The first-order chi connectivity index (χ1) is 15.1. The summed E-state index contributed by atoms with van der Waals surface area (Å²) in [5, 5.41) is 2.21. The fraction of sp³-hybridized carbons (Fsp3) is 0.125. The second-order valence-corrected chi connectivity index (χ2v) is 6.80. The van der Waals surface area contributed by atoms with Crippen molar-refractivity contribution in [1.29, 1.82) is 0 Å². The van der Waals surface area contributed by atoms with E-state index in [9.17, 15) is 14.4 Å². The van der Waals surface area contributed by atoms with Gasteiger partial charge in [-0.05, 0) is 24.3 Å². The fourth-order valence-corrected chi connectivity index (χ4v) is 3.45. The zero-order valence-electron chi connectivity index (χ0n) is 16.7. The lowest BCUT2D eigenvalue weighted by molar-refractivity contribution is -0.149. The first-order valence-electron chi connectivity index (χ1n) is 9.58. The zero-order valence-corrected chi connectivity index (χ0v) is 16.7. The number of carbonyl (C=O) groups is 3. The third-order valence-corrected chi connectivity index (χ3v) is 4.87. The summed E-state index contributed by atoms with van der Waals surface area (Å²) in [4.78, 5) is 37.5. The summed E-state index contributed by atoms with van der Waals surface area (Å²) >= 11 is 0. The van der Waals surface area contributed by atoms with Gasteiger partial charge < -0.3 is 14.2 Å². The van der Waals surface area contributed by atoms with Gasteiger partial charge in [0.25, 0.3) is 11.8 Å². The van der Waals surface area contributed by atoms with Crippen LogP contribution in [0.5, 0.6) is 17.2 Å². The molecule has 4 rings (SSSR count). The molecule has 0 aliphatic carbocycles. The fourth-order valence-electron chi connectivity index (χ4n) is 3.45. The molecular formula is C24H19NO6. The molecule has 156 valence electrons. The van der Waals surface area contributed by atoms with Gasteiger partial charge in [-0.15, -0.1) is 0 Å². The highest BCUT2D eigenvalue weighted by molar-refractivity contribution is 6.06. The normalized spacial score (nSPS) is 12.0. The first kappa shape index (κ1) is 20.2. The Labute approximate surface area is 178 Å². The van der Waals surface area contributed by atoms with E-state index in [0.29, 0.717) is 28.4 Å². The molecule has 0 radical (unpaired) electrons. The quantitative estimate of drug-likeness (QED) is 0.640. The van der Waals surface area contributed by atoms with Crippen LogP contribution >= 0.6 is 0 Å². The molecule has 0 bridgehead atoms. The molecule has 0 aromatic heterocycles. The van der Waals surface area contributed by atoms with Crippen molar-refractivity contribution >= 4 is 17.8 Å². The van der Waals surface area contributed by atoms with Crippen LogP contribution in [0.25, 0.3) is 0 Å². The van der Waals surface area contributed by atoms with Gasteiger partial charge in [-0.3, -0.25) is 19.7 Å². The smallest absolute Gasteiger partial charge is 0.318 e. The molecular weight excluding hydrogens is 398 g/mol. The molecule has 1 N–H and O–H groups in total. The summed E-state index contributed by atoms with van der Waals surface area (Å²) in [6.07, 6.45) is 0. The van der Waals surface area contributed by atoms with Crippen LogP contribution in [0, 0.1) is 0 Å². The van der Waals surface area contributed by atoms with Crippen LogP contribution in [0.2, 0.25) is 0 Å². The monoisotopic (exact) mass is 417 g/mol. The molecule has 7 heteroatoms. The van der Waals surface area contributed by atoms with Crippen LogP contribution < -0.4 is 14.8 Å². The van der Waals surface area contributed by atoms with Crippen molar-refractivity contribution in [3.05, 3.63) is 89.5 Å². The van der Waals surface area contributed by atoms with Crippen molar-refractivity contribution < 1.29 is 28.6 Å². The molecule has 0 unspecified atom stereocenters. The molecule has 7 nitrogen and oxygen atoms in total. The third kappa shape index (κ3) is 4.11. The van der Waals surface area contributed by atoms with Crippen molar-refractivity contribution in [3.63, 3.8) is 0 Å². The lowest BCUT2D eigenvalue weighted by Gasteiger charge is -2.26. The summed E-state index contributed by atoms with van der Waals surface area (Å²) in [5.41, 5.74) is 1.50. The van der Waals surface area contributed by atoms with E-state index in [1.165, 1.54) is 13.2 Å². The number of amides is 2. The number of para-hydroxylation sites is 3. The van der Waals surface area contributed by atoms with E-state index in [0.717, 1.165) is 0 Å². The highest BCUT2D eigenvalue weighted by Gasteiger charge is 2.34. The number of esters is 1. The van der Waals surface area contributed by atoms with Crippen LogP contribution in [0.4, 0.5) is 0 Å². The molecule has 3 aromatic carbocycles. The van der Waals surface area contributed by atoms with Gasteiger partial charge in [-0.1, -0.05) is 48.5 Å². The number of fused-ring (bicyclic) bond motifs is 2. The summed E-state index contributed by atoms with van der Waals surface area (Å²) in [5.74, 6) is -1.28. The number of benzene rings is 3. The summed E-state index contributed by atoms with van der Waals surface area (Å²) in [6, 6.07) is 20.8. The van der Waals surface area contributed by atoms with Gasteiger partial charge in [0, 0.05) is 11.1 Å². The standard InChI is InChI=1S/C24H19NO6/c1-29-18-11-5-4-10-17(18)23(27)25-21(26)14-30-24(28)22-15-8-2-6-12-19(15)31-20-13-7-3-9-16(20)22/h2-13,22H,14H2,1H3,(H,25,26,27). The molecule has 3 aromatic rings. The molecule has 2 amide bonds. The van der Waals surface area contributed by atoms with E-state index in [1.54, 1.807) is 54.6 Å². The number of rotatable bonds is 5. The minimum atomic E-state index is -0.738. The number of hydrogen-bond acceptors (Lipinski definition) is 6. The maximum atomic E-state index is 12.9. The summed E-state index contributed by atoms with van der Waals surface area (Å²) in [6.45, 7) is -0.596. The van der Waals surface area contributed by atoms with E-state index in [4.69, 9.17) is 14.2 Å². The van der Waals surface area contributed by atoms with Crippen molar-refractivity contribution in [1.82, 2.24) is 5.32 Å². The maximum absolute atomic E-state index is 12.9. The highest BCUT2D eigenvalue weighted by atomic mass is 16.5. The molecule has 31 heavy (non-hydrogen) atoms. The first-order valence-corrected chi connectivity index (χ1v) is 9.58. The number of carbonyl (C=O) groups excluding carboxylic acids is 3. The molecule has 0 fully saturated rings. The Kier molecular flexibility index (Phi) is 5.66. The average molecular weight is 417 g/mol. The number of methoxy groups -OCH3 is 1. The van der Waals surface area contributed by atoms with Gasteiger partial charge in [-0.25, -0.2) is 0 Å². The van der Waals surface area contributed by atoms with Crippen LogP contribution in [-0.2, 0) is 14.3 Å². The van der Waals surface area contributed by atoms with Crippen LogP contribution in [0.1, 0.15) is 27.4 Å². The number of ether oxygens (including phenoxy) is 3. The van der Waals surface area contributed by atoms with E-state index >= 15 is 0 Å². The van der Waals surface area contributed by atoms with E-state index in [2.05, 4.69) is 5.32 Å². The Morgan fingerprint density at radius 2 is 1.45 bits per heavy atom. The highest BCUT2D eigenvalue weighted by Crippen LogP contribution is 2.44. The average Bonchev–Trinajstić information content (AvgIpc) is 2.80. The SMILES string of the molecule is COc1ccccc1C(=O)NC(=O)COC(=O)C1c2ccccc2Oc2ccccc21. The van der Waals surface area contributed by atoms with Crippen LogP contribution in [0.15, 0.2) is 72.8 Å². The minimum absolute atomic E-state index is 0.206. The van der Waals surface area contributed by atoms with Crippen LogP contribution in [0.3, 0.4) is 0 Å². The summed E-state index contributed by atoms with van der Waals surface area (Å²) in [7, 11) is 1.43. The van der Waals surface area contributed by atoms with Gasteiger partial charge in [-0.2, -0.15) is 0 Å². The van der Waals surface area contributed by atoms with Crippen molar-refractivity contribution in [2.24, 2.45) is 0 Å². The van der Waals surface area contributed by atoms with Crippen molar-refractivity contribution in [2.75, 3.05) is 13.7 Å². The predicted octanol–water partition coefficient (Wildman–Crippen LogP) is 3.43. The Bertz CT molecular complexity index is 1110. The Morgan fingerprint density at radius 1 is 0.871 bits per heavy atom. The van der Waals surface area contributed by atoms with Gasteiger partial charge >= 0.3 is 5.97 Å². The molecule has 0 saturated heterocycles. The lowest BCUT2D eigenvalue weighted by Crippen LogP contribution is -2.35. The van der Waals surface area contributed by atoms with Crippen LogP contribution in [-0.4, -0.2) is 31.5 Å². The molecule has 1 heterocycles. The molecule has 0 spiro atoms. The molecule has 1 aliphatic heterocycles. The number of nitrogens with one attached hydrogen (secondary N) is 1. The Balaban J connectivity index is 1.46. The van der Waals surface area contributed by atoms with Crippen molar-refractivity contribution in [2.45, 2.75) is 5.92 Å². The predicted molar refractivity (Wildman–Crippen MR) is 111 cm³/mol. The van der Waals surface area contributed by atoms with Gasteiger partial charge in [0.15, 0.2) is 6.61 Å². The maximum Gasteiger partial charge on any atom is 0.318 e. The third-order valence-electron chi connectivity index (χ3n) is 4.87. The molecule has 0 saturated carbocycles. The van der Waals surface area contributed by atoms with E-state index in [1.807, 2.05) is 12.1 Å². The Morgan fingerprint density at radius 3 is 2.10 bits per heavy atom. The molecule has 0 atom stereocenters. The van der Waals surface area contributed by atoms with Gasteiger partial charge in [0.2, 0.25) is 0 Å². The van der Waals surface area contributed by atoms with Crippen molar-refractivity contribution in [3.8, 4) is 17.2 Å². The number of imide groups is 1. The zero-order chi connectivity index (χ0) is 21.8. The second-order valence-electron chi connectivity index (χ2n) is 6.80. The summed E-state index contributed by atoms with van der Waals surface area (Å²) < 4.78 is 16.2. The van der Waals surface area contributed by atoms with E-state index in [-0.39, 0.29) is 5.56 Å². The second kappa shape index (κ2) is 8.71. The topological polar surface area (TPSA) is 90.9 Å². The largest absolute Gasteiger partial charge is 0.496 e. The minimum Gasteiger partial charge on any atom is -0.496 e. The lowest BCUT2D eigenvalue weighted by atomic mass is 9.88. The van der Waals surface area contributed by atoms with Gasteiger partial charge in [0.1, 0.15) is 23.2 Å².